The van der Waals surface area contributed by atoms with Crippen LogP contribution in [-0.4, -0.2) is 62.4 Å². The van der Waals surface area contributed by atoms with Crippen LogP contribution in [0.1, 0.15) is 47.8 Å². The third-order valence-electron chi connectivity index (χ3n) is 5.90. The molecule has 186 valence electrons. The lowest BCUT2D eigenvalue weighted by molar-refractivity contribution is 0.102. The number of carbonyl (C=O) groups is 1. The summed E-state index contributed by atoms with van der Waals surface area (Å²) in [6.07, 6.45) is 2.37. The Hall–Kier alpha value is -3.22. The summed E-state index contributed by atoms with van der Waals surface area (Å²) in [5.41, 5.74) is 1.53. The van der Waals surface area contributed by atoms with Gasteiger partial charge in [0.05, 0.1) is 24.0 Å². The first-order valence-corrected chi connectivity index (χ1v) is 12.9. The molecular weight excluding hydrogens is 475 g/mol. The van der Waals surface area contributed by atoms with Crippen LogP contribution in [0.5, 0.6) is 0 Å². The quantitative estimate of drug-likeness (QED) is 0.484. The van der Waals surface area contributed by atoms with Gasteiger partial charge in [0, 0.05) is 13.1 Å². The highest BCUT2D eigenvalue weighted by atomic mass is 32.2. The molecule has 10 nitrogen and oxygen atoms in total. The van der Waals surface area contributed by atoms with Gasteiger partial charge in [0.25, 0.3) is 5.91 Å². The van der Waals surface area contributed by atoms with E-state index in [1.54, 1.807) is 36.6 Å². The number of carbonyl (C=O) groups excluding carboxylic acids is 1. The zero-order chi connectivity index (χ0) is 25.2. The van der Waals surface area contributed by atoms with Crippen LogP contribution >= 0.6 is 0 Å². The van der Waals surface area contributed by atoms with Crippen LogP contribution in [0.4, 0.5) is 10.2 Å². The van der Waals surface area contributed by atoms with Gasteiger partial charge in [-0.3, -0.25) is 4.79 Å². The lowest BCUT2D eigenvalue weighted by Gasteiger charge is -2.28. The molecule has 0 spiro atoms. The number of hydrogen-bond acceptors (Lipinski definition) is 7. The number of aliphatic hydroxyl groups excluding tert-OH is 1. The minimum Gasteiger partial charge on any atom is -0.394 e. The van der Waals surface area contributed by atoms with E-state index in [4.69, 9.17) is 0 Å². The topological polar surface area (TPSA) is 130 Å². The number of hydrogen-bond donors (Lipinski definition) is 2. The predicted octanol–water partition coefficient (Wildman–Crippen LogP) is 2.38. The number of halogens is 1. The van der Waals surface area contributed by atoms with E-state index in [-0.39, 0.29) is 42.9 Å². The first-order chi connectivity index (χ1) is 16.7. The highest BCUT2D eigenvalue weighted by Crippen LogP contribution is 2.26. The predicted molar refractivity (Wildman–Crippen MR) is 128 cm³/mol. The van der Waals surface area contributed by atoms with Gasteiger partial charge in [0.2, 0.25) is 10.0 Å². The van der Waals surface area contributed by atoms with Gasteiger partial charge in [-0.25, -0.2) is 17.8 Å². The molecule has 1 aliphatic heterocycles. The zero-order valence-corrected chi connectivity index (χ0v) is 20.3. The average Bonchev–Trinajstić information content (AvgIpc) is 3.33. The molecule has 0 saturated heterocycles. The normalized spacial score (nSPS) is 15.0. The number of amides is 1. The Balaban J connectivity index is 1.57. The fourth-order valence-electron chi connectivity index (χ4n) is 4.00. The van der Waals surface area contributed by atoms with E-state index in [1.165, 1.54) is 22.8 Å². The summed E-state index contributed by atoms with van der Waals surface area (Å²) >= 11 is 0. The van der Waals surface area contributed by atoms with Crippen LogP contribution < -0.4 is 5.32 Å². The molecule has 2 N–H and O–H groups in total. The molecule has 1 aliphatic rings. The molecule has 0 bridgehead atoms. The number of pyridine rings is 1. The lowest BCUT2D eigenvalue weighted by atomic mass is 9.97. The lowest BCUT2D eigenvalue weighted by Crippen LogP contribution is -2.37. The number of nitrogens with one attached hydrogen (secondary N) is 1. The summed E-state index contributed by atoms with van der Waals surface area (Å²) in [6.45, 7) is 3.87. The number of fused-ring (bicyclic) bond motifs is 1. The van der Waals surface area contributed by atoms with Gasteiger partial charge in [-0.1, -0.05) is 13.0 Å². The van der Waals surface area contributed by atoms with E-state index in [9.17, 15) is 22.7 Å². The summed E-state index contributed by atoms with van der Waals surface area (Å²) < 4.78 is 42.8. The Kier molecular flexibility index (Phi) is 7.24. The van der Waals surface area contributed by atoms with Crippen molar-refractivity contribution in [3.63, 3.8) is 0 Å². The molecule has 3 heterocycles. The molecule has 0 saturated carbocycles. The molecule has 1 amide bonds. The molecule has 1 atom stereocenters. The first-order valence-electron chi connectivity index (χ1n) is 11.3. The summed E-state index contributed by atoms with van der Waals surface area (Å²) in [7, 11) is -3.41. The smallest absolute Gasteiger partial charge is 0.259 e. The third-order valence-corrected chi connectivity index (χ3v) is 7.92. The maximum atomic E-state index is 14.8. The number of rotatable bonds is 8. The van der Waals surface area contributed by atoms with E-state index in [0.29, 0.717) is 35.5 Å². The standard InChI is InChI=1S/C23H27FN6O4S/c1-3-9-35(33,34)29-8-7-16-11-19(24)18(10-17(16)12-29)23(32)27-21-6-4-5-20(26-21)22-28-25-14-30(22)15(2)13-31/h4-6,10-11,14-15,31H,3,7-9,12-13H2,1-2H3,(H,26,27,32)/t15-/m1/s1. The van der Waals surface area contributed by atoms with Crippen LogP contribution in [0.3, 0.4) is 0 Å². The molecule has 1 aromatic carbocycles. The van der Waals surface area contributed by atoms with Crippen molar-refractivity contribution >= 4 is 21.7 Å². The molecule has 0 fully saturated rings. The summed E-state index contributed by atoms with van der Waals surface area (Å²) in [5, 5.41) is 20.0. The second-order valence-corrected chi connectivity index (χ2v) is 10.5. The molecular formula is C23H27FN6O4S. The van der Waals surface area contributed by atoms with E-state index in [1.807, 2.05) is 0 Å². The average molecular weight is 503 g/mol. The number of aliphatic hydroxyl groups is 1. The van der Waals surface area contributed by atoms with Crippen molar-refractivity contribution in [3.8, 4) is 11.5 Å². The van der Waals surface area contributed by atoms with Crippen LogP contribution in [0.2, 0.25) is 0 Å². The summed E-state index contributed by atoms with van der Waals surface area (Å²) in [6, 6.07) is 7.36. The van der Waals surface area contributed by atoms with Crippen molar-refractivity contribution in [1.82, 2.24) is 24.1 Å². The first kappa shape index (κ1) is 24.9. The fourth-order valence-corrected chi connectivity index (χ4v) is 5.48. The Labute approximate surface area is 202 Å². The summed E-state index contributed by atoms with van der Waals surface area (Å²) in [4.78, 5) is 17.3. The summed E-state index contributed by atoms with van der Waals surface area (Å²) in [5.74, 6) is -0.740. The van der Waals surface area contributed by atoms with Crippen molar-refractivity contribution in [2.24, 2.45) is 0 Å². The van der Waals surface area contributed by atoms with E-state index < -0.39 is 21.7 Å². The molecule has 3 aromatic rings. The zero-order valence-electron chi connectivity index (χ0n) is 19.5. The van der Waals surface area contributed by atoms with Gasteiger partial charge >= 0.3 is 0 Å². The van der Waals surface area contributed by atoms with Crippen molar-refractivity contribution < 1.29 is 22.7 Å². The third kappa shape index (κ3) is 5.24. The molecule has 12 heteroatoms. The van der Waals surface area contributed by atoms with Crippen molar-refractivity contribution in [2.45, 2.75) is 39.3 Å². The van der Waals surface area contributed by atoms with Gasteiger partial charge in [0.15, 0.2) is 5.82 Å². The van der Waals surface area contributed by atoms with Crippen molar-refractivity contribution in [1.29, 1.82) is 0 Å². The Morgan fingerprint density at radius 2 is 2.09 bits per heavy atom. The van der Waals surface area contributed by atoms with E-state index in [2.05, 4.69) is 20.5 Å². The second-order valence-electron chi connectivity index (χ2n) is 8.46. The van der Waals surface area contributed by atoms with Crippen LogP contribution in [0.15, 0.2) is 36.7 Å². The second kappa shape index (κ2) is 10.2. The highest BCUT2D eigenvalue weighted by Gasteiger charge is 2.28. The Morgan fingerprint density at radius 1 is 1.29 bits per heavy atom. The minimum atomic E-state index is -3.41. The SMILES string of the molecule is CCCS(=O)(=O)N1CCc2cc(F)c(C(=O)Nc3cccc(-c4nncn4[C@H](C)CO)n3)cc2C1. The molecule has 0 aliphatic carbocycles. The van der Waals surface area contributed by atoms with Gasteiger partial charge in [0.1, 0.15) is 23.7 Å². The monoisotopic (exact) mass is 502 g/mol. The van der Waals surface area contributed by atoms with Crippen molar-refractivity contribution in [2.75, 3.05) is 24.2 Å². The van der Waals surface area contributed by atoms with Gasteiger partial charge in [-0.2, -0.15) is 4.31 Å². The number of benzene rings is 1. The van der Waals surface area contributed by atoms with E-state index in [0.717, 1.165) is 0 Å². The number of anilines is 1. The maximum absolute atomic E-state index is 14.8. The van der Waals surface area contributed by atoms with Crippen molar-refractivity contribution in [3.05, 3.63) is 59.2 Å². The molecule has 0 radical (unpaired) electrons. The van der Waals surface area contributed by atoms with Crippen LogP contribution in [0, 0.1) is 5.82 Å². The maximum Gasteiger partial charge on any atom is 0.259 e. The largest absolute Gasteiger partial charge is 0.394 e. The Morgan fingerprint density at radius 3 is 2.83 bits per heavy atom. The molecule has 35 heavy (non-hydrogen) atoms. The number of nitrogens with zero attached hydrogens (tertiary/aromatic N) is 5. The van der Waals surface area contributed by atoms with Crippen LogP contribution in [0.25, 0.3) is 11.5 Å². The Bertz CT molecular complexity index is 1340. The van der Waals surface area contributed by atoms with Gasteiger partial charge in [-0.15, -0.1) is 10.2 Å². The number of sulfonamides is 1. The molecule has 4 rings (SSSR count). The minimum absolute atomic E-state index is 0.0454. The van der Waals surface area contributed by atoms with Crippen LogP contribution in [-0.2, 0) is 23.0 Å². The highest BCUT2D eigenvalue weighted by molar-refractivity contribution is 7.89. The fraction of sp³-hybridized carbons (Fsp3) is 0.391. The molecule has 2 aromatic heterocycles. The molecule has 0 unspecified atom stereocenters. The van der Waals surface area contributed by atoms with E-state index >= 15 is 0 Å². The van der Waals surface area contributed by atoms with Gasteiger partial charge in [-0.05, 0) is 55.2 Å². The van der Waals surface area contributed by atoms with Gasteiger partial charge < -0.3 is 15.0 Å². The number of aromatic nitrogens is 4.